The molecule has 7 heteroatoms. The first kappa shape index (κ1) is 12.3. The van der Waals surface area contributed by atoms with Crippen molar-refractivity contribution in [2.24, 2.45) is 0 Å². The van der Waals surface area contributed by atoms with Crippen LogP contribution in [0.4, 0.5) is 0 Å². The van der Waals surface area contributed by atoms with Crippen molar-refractivity contribution in [3.05, 3.63) is 0 Å². The SMILES string of the molecule is O=S(=O)(NC1CCCNC1)N1CCNCC1. The van der Waals surface area contributed by atoms with Crippen LogP contribution in [0.5, 0.6) is 0 Å². The van der Waals surface area contributed by atoms with Gasteiger partial charge in [0.1, 0.15) is 0 Å². The molecule has 1 unspecified atom stereocenters. The summed E-state index contributed by atoms with van der Waals surface area (Å²) in [7, 11) is -3.28. The Balaban J connectivity index is 1.90. The Bertz CT molecular complexity index is 307. The number of rotatable bonds is 3. The van der Waals surface area contributed by atoms with Gasteiger partial charge in [0.15, 0.2) is 0 Å². The van der Waals surface area contributed by atoms with Gasteiger partial charge in [-0.2, -0.15) is 17.4 Å². The van der Waals surface area contributed by atoms with E-state index < -0.39 is 10.2 Å². The molecule has 16 heavy (non-hydrogen) atoms. The van der Waals surface area contributed by atoms with Gasteiger partial charge < -0.3 is 10.6 Å². The third-order valence-corrected chi connectivity index (χ3v) is 4.70. The first-order valence-electron chi connectivity index (χ1n) is 5.87. The summed E-state index contributed by atoms with van der Waals surface area (Å²) in [5, 5.41) is 6.35. The Kier molecular flexibility index (Phi) is 4.15. The van der Waals surface area contributed by atoms with Gasteiger partial charge in [0.25, 0.3) is 10.2 Å². The van der Waals surface area contributed by atoms with E-state index in [4.69, 9.17) is 0 Å². The Morgan fingerprint density at radius 2 is 1.88 bits per heavy atom. The zero-order chi connectivity index (χ0) is 11.4. The number of hydrogen-bond donors (Lipinski definition) is 3. The van der Waals surface area contributed by atoms with Crippen molar-refractivity contribution < 1.29 is 8.42 Å². The van der Waals surface area contributed by atoms with Crippen molar-refractivity contribution in [1.29, 1.82) is 0 Å². The third-order valence-electron chi connectivity index (χ3n) is 3.03. The van der Waals surface area contributed by atoms with Gasteiger partial charge in [-0.3, -0.25) is 0 Å². The van der Waals surface area contributed by atoms with Crippen molar-refractivity contribution in [3.63, 3.8) is 0 Å². The van der Waals surface area contributed by atoms with Gasteiger partial charge in [-0.25, -0.2) is 0 Å². The first-order chi connectivity index (χ1) is 7.68. The molecule has 0 spiro atoms. The summed E-state index contributed by atoms with van der Waals surface area (Å²) in [6.45, 7) is 4.34. The van der Waals surface area contributed by atoms with Crippen LogP contribution >= 0.6 is 0 Å². The highest BCUT2D eigenvalue weighted by atomic mass is 32.2. The monoisotopic (exact) mass is 248 g/mol. The second-order valence-electron chi connectivity index (χ2n) is 4.32. The molecule has 0 bridgehead atoms. The molecular formula is C9H20N4O2S. The molecule has 0 aromatic carbocycles. The van der Waals surface area contributed by atoms with Crippen LogP contribution in [0.25, 0.3) is 0 Å². The fourth-order valence-corrected chi connectivity index (χ4v) is 3.56. The first-order valence-corrected chi connectivity index (χ1v) is 7.31. The normalized spacial score (nSPS) is 29.1. The molecule has 0 aliphatic carbocycles. The molecule has 94 valence electrons. The van der Waals surface area contributed by atoms with Crippen molar-refractivity contribution in [1.82, 2.24) is 19.7 Å². The molecule has 2 fully saturated rings. The number of piperidine rings is 1. The standard InChI is InChI=1S/C9H20N4O2S/c14-16(15,13-6-4-10-5-7-13)12-9-2-1-3-11-8-9/h9-12H,1-8H2. The number of piperazine rings is 1. The summed E-state index contributed by atoms with van der Waals surface area (Å²) < 4.78 is 28.3. The van der Waals surface area contributed by atoms with Crippen molar-refractivity contribution in [2.45, 2.75) is 18.9 Å². The van der Waals surface area contributed by atoms with Crippen LogP contribution in [-0.2, 0) is 10.2 Å². The minimum absolute atomic E-state index is 0.0497. The third kappa shape index (κ3) is 3.14. The Morgan fingerprint density at radius 1 is 1.12 bits per heavy atom. The topological polar surface area (TPSA) is 73.5 Å². The smallest absolute Gasteiger partial charge is 0.279 e. The predicted molar refractivity (Wildman–Crippen MR) is 62.4 cm³/mol. The fourth-order valence-electron chi connectivity index (χ4n) is 2.12. The van der Waals surface area contributed by atoms with E-state index in [0.717, 1.165) is 39.0 Å². The van der Waals surface area contributed by atoms with E-state index in [2.05, 4.69) is 15.4 Å². The Hall–Kier alpha value is -0.210. The lowest BCUT2D eigenvalue weighted by Gasteiger charge is -2.30. The van der Waals surface area contributed by atoms with Gasteiger partial charge in [-0.05, 0) is 19.4 Å². The molecule has 2 rings (SSSR count). The maximum Gasteiger partial charge on any atom is 0.279 e. The molecule has 0 aromatic heterocycles. The second-order valence-corrected chi connectivity index (χ2v) is 6.02. The minimum Gasteiger partial charge on any atom is -0.315 e. The highest BCUT2D eigenvalue weighted by Crippen LogP contribution is 2.06. The molecule has 0 aromatic rings. The van der Waals surface area contributed by atoms with Crippen LogP contribution in [0.1, 0.15) is 12.8 Å². The van der Waals surface area contributed by atoms with Crippen LogP contribution in [-0.4, -0.2) is 58.0 Å². The van der Waals surface area contributed by atoms with Crippen LogP contribution < -0.4 is 15.4 Å². The summed E-state index contributed by atoms with van der Waals surface area (Å²) in [4.78, 5) is 0. The fraction of sp³-hybridized carbons (Fsp3) is 1.00. The summed E-state index contributed by atoms with van der Waals surface area (Å²) >= 11 is 0. The lowest BCUT2D eigenvalue weighted by Crippen LogP contribution is -2.54. The maximum absolute atomic E-state index is 12.0. The summed E-state index contributed by atoms with van der Waals surface area (Å²) in [5.74, 6) is 0. The molecule has 2 saturated heterocycles. The van der Waals surface area contributed by atoms with Gasteiger partial charge in [0.05, 0.1) is 0 Å². The average molecular weight is 248 g/mol. The molecule has 2 heterocycles. The highest BCUT2D eigenvalue weighted by molar-refractivity contribution is 7.87. The van der Waals surface area contributed by atoms with E-state index >= 15 is 0 Å². The zero-order valence-electron chi connectivity index (χ0n) is 9.41. The quantitative estimate of drug-likeness (QED) is 0.567. The lowest BCUT2D eigenvalue weighted by atomic mass is 10.1. The summed E-state index contributed by atoms with van der Waals surface area (Å²) in [5.41, 5.74) is 0. The van der Waals surface area contributed by atoms with E-state index in [1.807, 2.05) is 0 Å². The molecule has 2 aliphatic heterocycles. The van der Waals surface area contributed by atoms with Crippen LogP contribution in [0.2, 0.25) is 0 Å². The Morgan fingerprint density at radius 3 is 2.50 bits per heavy atom. The van der Waals surface area contributed by atoms with Crippen molar-refractivity contribution in [3.8, 4) is 0 Å². The number of nitrogens with one attached hydrogen (secondary N) is 3. The molecule has 0 saturated carbocycles. The van der Waals surface area contributed by atoms with Gasteiger partial charge in [0, 0.05) is 38.8 Å². The van der Waals surface area contributed by atoms with E-state index in [9.17, 15) is 8.42 Å². The molecule has 6 nitrogen and oxygen atoms in total. The molecule has 0 radical (unpaired) electrons. The second kappa shape index (κ2) is 5.42. The number of nitrogens with zero attached hydrogens (tertiary/aromatic N) is 1. The van der Waals surface area contributed by atoms with E-state index in [0.29, 0.717) is 13.1 Å². The predicted octanol–water partition coefficient (Wildman–Crippen LogP) is -1.52. The maximum atomic E-state index is 12.0. The molecule has 1 atom stereocenters. The number of hydrogen-bond acceptors (Lipinski definition) is 4. The van der Waals surface area contributed by atoms with Gasteiger partial charge in [-0.1, -0.05) is 0 Å². The molecule has 2 aliphatic rings. The largest absolute Gasteiger partial charge is 0.315 e. The summed E-state index contributed by atoms with van der Waals surface area (Å²) in [6.07, 6.45) is 1.97. The Labute approximate surface area is 97.0 Å². The lowest BCUT2D eigenvalue weighted by molar-refractivity contribution is 0.343. The van der Waals surface area contributed by atoms with Crippen LogP contribution in [0.15, 0.2) is 0 Å². The summed E-state index contributed by atoms with van der Waals surface area (Å²) in [6, 6.07) is 0.0497. The zero-order valence-corrected chi connectivity index (χ0v) is 10.2. The molecule has 0 amide bonds. The van der Waals surface area contributed by atoms with Gasteiger partial charge >= 0.3 is 0 Å². The van der Waals surface area contributed by atoms with Crippen molar-refractivity contribution >= 4 is 10.2 Å². The van der Waals surface area contributed by atoms with E-state index in [-0.39, 0.29) is 6.04 Å². The average Bonchev–Trinajstić information content (AvgIpc) is 2.31. The van der Waals surface area contributed by atoms with Gasteiger partial charge in [0.2, 0.25) is 0 Å². The molecular weight excluding hydrogens is 228 g/mol. The van der Waals surface area contributed by atoms with Crippen LogP contribution in [0, 0.1) is 0 Å². The molecule has 3 N–H and O–H groups in total. The van der Waals surface area contributed by atoms with Crippen molar-refractivity contribution in [2.75, 3.05) is 39.3 Å². The van der Waals surface area contributed by atoms with Crippen LogP contribution in [0.3, 0.4) is 0 Å². The highest BCUT2D eigenvalue weighted by Gasteiger charge is 2.27. The van der Waals surface area contributed by atoms with E-state index in [1.54, 1.807) is 0 Å². The van der Waals surface area contributed by atoms with E-state index in [1.165, 1.54) is 4.31 Å². The minimum atomic E-state index is -3.28. The van der Waals surface area contributed by atoms with Gasteiger partial charge in [-0.15, -0.1) is 0 Å².